The van der Waals surface area contributed by atoms with Crippen LogP contribution in [0.3, 0.4) is 0 Å². The van der Waals surface area contributed by atoms with Crippen molar-refractivity contribution in [1.82, 2.24) is 10.6 Å². The molecule has 0 aliphatic heterocycles. The molecular formula is C14H17F3N2O3. The second kappa shape index (κ2) is 8.28. The average molecular weight is 318 g/mol. The summed E-state index contributed by atoms with van der Waals surface area (Å²) in [7, 11) is 1.53. The van der Waals surface area contributed by atoms with Gasteiger partial charge in [-0.25, -0.2) is 4.79 Å². The van der Waals surface area contributed by atoms with Gasteiger partial charge in [0, 0.05) is 25.8 Å². The van der Waals surface area contributed by atoms with Crippen LogP contribution in [0.15, 0.2) is 36.5 Å². The molecule has 1 rings (SSSR count). The number of carbonyl (C=O) groups is 1. The third-order valence-corrected chi connectivity index (χ3v) is 2.48. The SMILES string of the molecule is C=C(CCOC)NC(=O)NCc1cccc(OC(F)(F)F)c1. The van der Waals surface area contributed by atoms with Crippen molar-refractivity contribution in [3.05, 3.63) is 42.1 Å². The van der Waals surface area contributed by atoms with Crippen molar-refractivity contribution in [2.45, 2.75) is 19.3 Å². The van der Waals surface area contributed by atoms with Crippen molar-refractivity contribution < 1.29 is 27.4 Å². The lowest BCUT2D eigenvalue weighted by atomic mass is 10.2. The first-order chi connectivity index (χ1) is 10.3. The Morgan fingerprint density at radius 3 is 2.73 bits per heavy atom. The quantitative estimate of drug-likeness (QED) is 0.812. The smallest absolute Gasteiger partial charge is 0.406 e. The van der Waals surface area contributed by atoms with E-state index in [0.717, 1.165) is 0 Å². The first kappa shape index (κ1) is 17.8. The third kappa shape index (κ3) is 7.53. The number of amides is 2. The van der Waals surface area contributed by atoms with Gasteiger partial charge in [-0.2, -0.15) is 0 Å². The number of ether oxygens (including phenoxy) is 2. The van der Waals surface area contributed by atoms with Gasteiger partial charge < -0.3 is 20.1 Å². The van der Waals surface area contributed by atoms with Gasteiger partial charge in [-0.05, 0) is 17.7 Å². The molecule has 1 aromatic carbocycles. The van der Waals surface area contributed by atoms with E-state index >= 15 is 0 Å². The van der Waals surface area contributed by atoms with E-state index in [1.165, 1.54) is 25.3 Å². The lowest BCUT2D eigenvalue weighted by Crippen LogP contribution is -2.34. The first-order valence-electron chi connectivity index (χ1n) is 6.36. The van der Waals surface area contributed by atoms with Gasteiger partial charge in [0.05, 0.1) is 6.61 Å². The summed E-state index contributed by atoms with van der Waals surface area (Å²) in [5.74, 6) is -0.336. The van der Waals surface area contributed by atoms with Crippen LogP contribution in [0.1, 0.15) is 12.0 Å². The summed E-state index contributed by atoms with van der Waals surface area (Å²) in [6, 6.07) is 4.87. The maximum Gasteiger partial charge on any atom is 0.573 e. The molecule has 0 unspecified atom stereocenters. The van der Waals surface area contributed by atoms with Crippen molar-refractivity contribution in [3.63, 3.8) is 0 Å². The highest BCUT2D eigenvalue weighted by atomic mass is 19.4. The zero-order valence-corrected chi connectivity index (χ0v) is 12.0. The topological polar surface area (TPSA) is 59.6 Å². The van der Waals surface area contributed by atoms with E-state index < -0.39 is 12.4 Å². The monoisotopic (exact) mass is 318 g/mol. The minimum atomic E-state index is -4.75. The summed E-state index contributed by atoms with van der Waals surface area (Å²) < 4.78 is 45.0. The summed E-state index contributed by atoms with van der Waals surface area (Å²) in [5, 5.41) is 5.01. The van der Waals surface area contributed by atoms with E-state index in [1.807, 2.05) is 0 Å². The number of nitrogens with one attached hydrogen (secondary N) is 2. The van der Waals surface area contributed by atoms with Crippen molar-refractivity contribution in [2.75, 3.05) is 13.7 Å². The fraction of sp³-hybridized carbons (Fsp3) is 0.357. The van der Waals surface area contributed by atoms with Gasteiger partial charge in [0.2, 0.25) is 0 Å². The minimum Gasteiger partial charge on any atom is -0.406 e. The van der Waals surface area contributed by atoms with E-state index in [-0.39, 0.29) is 12.3 Å². The number of benzene rings is 1. The standard InChI is InChI=1S/C14H17F3N2O3/c1-10(6-7-21-2)19-13(20)18-9-11-4-3-5-12(8-11)22-14(15,16)17/h3-5,8H,1,6-7,9H2,2H3,(H2,18,19,20). The molecule has 0 bridgehead atoms. The molecule has 0 saturated heterocycles. The molecule has 22 heavy (non-hydrogen) atoms. The summed E-state index contributed by atoms with van der Waals surface area (Å²) in [4.78, 5) is 11.6. The van der Waals surface area contributed by atoms with Crippen molar-refractivity contribution in [2.24, 2.45) is 0 Å². The second-order valence-corrected chi connectivity index (χ2v) is 4.35. The molecule has 1 aromatic rings. The van der Waals surface area contributed by atoms with Crippen LogP contribution in [0.2, 0.25) is 0 Å². The largest absolute Gasteiger partial charge is 0.573 e. The predicted octanol–water partition coefficient (Wildman–Crippen LogP) is 2.93. The highest BCUT2D eigenvalue weighted by Gasteiger charge is 2.31. The summed E-state index contributed by atoms with van der Waals surface area (Å²) >= 11 is 0. The Morgan fingerprint density at radius 2 is 2.09 bits per heavy atom. The van der Waals surface area contributed by atoms with Gasteiger partial charge in [-0.3, -0.25) is 0 Å². The lowest BCUT2D eigenvalue weighted by Gasteiger charge is -2.11. The molecule has 0 heterocycles. The lowest BCUT2D eigenvalue weighted by molar-refractivity contribution is -0.274. The summed E-state index contributed by atoms with van der Waals surface area (Å²) in [6.07, 6.45) is -4.28. The van der Waals surface area contributed by atoms with Crippen LogP contribution in [0.25, 0.3) is 0 Å². The maximum atomic E-state index is 12.1. The summed E-state index contributed by atoms with van der Waals surface area (Å²) in [6.45, 7) is 4.13. The number of halogens is 3. The van der Waals surface area contributed by atoms with E-state index in [4.69, 9.17) is 4.74 Å². The number of hydrogen-bond donors (Lipinski definition) is 2. The molecule has 122 valence electrons. The number of urea groups is 1. The zero-order chi connectivity index (χ0) is 16.6. The molecule has 0 atom stereocenters. The molecule has 0 aliphatic carbocycles. The van der Waals surface area contributed by atoms with E-state index in [9.17, 15) is 18.0 Å². The zero-order valence-electron chi connectivity index (χ0n) is 12.0. The fourth-order valence-corrected chi connectivity index (χ4v) is 1.53. The molecule has 5 nitrogen and oxygen atoms in total. The average Bonchev–Trinajstić information content (AvgIpc) is 2.41. The van der Waals surface area contributed by atoms with Gasteiger partial charge in [-0.15, -0.1) is 13.2 Å². The molecular weight excluding hydrogens is 301 g/mol. The third-order valence-electron chi connectivity index (χ3n) is 2.48. The Bertz CT molecular complexity index is 518. The molecule has 0 fully saturated rings. The number of methoxy groups -OCH3 is 1. The predicted molar refractivity (Wildman–Crippen MR) is 74.1 cm³/mol. The Balaban J connectivity index is 2.45. The molecule has 0 saturated carbocycles. The van der Waals surface area contributed by atoms with Crippen molar-refractivity contribution in [1.29, 1.82) is 0 Å². The van der Waals surface area contributed by atoms with Crippen LogP contribution in [-0.4, -0.2) is 26.1 Å². The molecule has 0 radical (unpaired) electrons. The second-order valence-electron chi connectivity index (χ2n) is 4.35. The Morgan fingerprint density at radius 1 is 1.36 bits per heavy atom. The van der Waals surface area contributed by atoms with E-state index in [2.05, 4.69) is 21.9 Å². The van der Waals surface area contributed by atoms with Crippen LogP contribution in [-0.2, 0) is 11.3 Å². The number of carbonyl (C=O) groups excluding carboxylic acids is 1. The van der Waals surface area contributed by atoms with E-state index in [1.54, 1.807) is 6.07 Å². The maximum absolute atomic E-state index is 12.1. The van der Waals surface area contributed by atoms with Gasteiger partial charge >= 0.3 is 12.4 Å². The Kier molecular flexibility index (Phi) is 6.71. The van der Waals surface area contributed by atoms with Gasteiger partial charge in [0.1, 0.15) is 5.75 Å². The van der Waals surface area contributed by atoms with Crippen LogP contribution < -0.4 is 15.4 Å². The van der Waals surface area contributed by atoms with Crippen LogP contribution >= 0.6 is 0 Å². The molecule has 2 N–H and O–H groups in total. The van der Waals surface area contributed by atoms with Crippen LogP contribution in [0, 0.1) is 0 Å². The Labute approximate surface area is 126 Å². The highest BCUT2D eigenvalue weighted by molar-refractivity contribution is 5.75. The number of rotatable bonds is 7. The highest BCUT2D eigenvalue weighted by Crippen LogP contribution is 2.23. The normalized spacial score (nSPS) is 10.9. The van der Waals surface area contributed by atoms with E-state index in [0.29, 0.717) is 24.3 Å². The molecule has 2 amide bonds. The molecule has 0 aromatic heterocycles. The number of hydrogen-bond acceptors (Lipinski definition) is 3. The van der Waals surface area contributed by atoms with Gasteiger partial charge in [0.25, 0.3) is 0 Å². The van der Waals surface area contributed by atoms with Crippen LogP contribution in [0.4, 0.5) is 18.0 Å². The molecule has 0 spiro atoms. The van der Waals surface area contributed by atoms with Crippen LogP contribution in [0.5, 0.6) is 5.75 Å². The Hall–Kier alpha value is -2.22. The number of alkyl halides is 3. The van der Waals surface area contributed by atoms with Gasteiger partial charge in [0.15, 0.2) is 0 Å². The fourth-order valence-electron chi connectivity index (χ4n) is 1.53. The van der Waals surface area contributed by atoms with Crippen molar-refractivity contribution >= 4 is 6.03 Å². The minimum absolute atomic E-state index is 0.0540. The summed E-state index contributed by atoms with van der Waals surface area (Å²) in [5.41, 5.74) is 0.952. The molecule has 0 aliphatic rings. The van der Waals surface area contributed by atoms with Gasteiger partial charge in [-0.1, -0.05) is 18.7 Å². The molecule has 8 heteroatoms. The van der Waals surface area contributed by atoms with Crippen molar-refractivity contribution in [3.8, 4) is 5.75 Å². The first-order valence-corrected chi connectivity index (χ1v) is 6.36.